The van der Waals surface area contributed by atoms with Gasteiger partial charge in [0.15, 0.2) is 0 Å². The molecule has 0 aliphatic rings. The van der Waals surface area contributed by atoms with E-state index in [0.29, 0.717) is 16.8 Å². The van der Waals surface area contributed by atoms with Crippen LogP contribution in [0, 0.1) is 24.0 Å². The smallest absolute Gasteiger partial charge is 0.270 e. The molecule has 0 saturated heterocycles. The Hall–Kier alpha value is -1.40. The summed E-state index contributed by atoms with van der Waals surface area (Å²) >= 11 is 6.85. The summed E-state index contributed by atoms with van der Waals surface area (Å²) in [6.45, 7) is 3.98. The number of alkyl halides is 1. The first-order chi connectivity index (χ1) is 9.92. The number of hydrogen-bond acceptors (Lipinski definition) is 3. The Morgan fingerprint density at radius 3 is 2.33 bits per heavy atom. The lowest BCUT2D eigenvalue weighted by molar-refractivity contribution is -0.384. The van der Waals surface area contributed by atoms with Crippen molar-refractivity contribution in [3.8, 4) is 11.5 Å². The van der Waals surface area contributed by atoms with Crippen LogP contribution < -0.4 is 4.74 Å². The minimum Gasteiger partial charge on any atom is -0.457 e. The number of halogens is 2. The van der Waals surface area contributed by atoms with Crippen LogP contribution in [0.1, 0.15) is 16.7 Å². The highest BCUT2D eigenvalue weighted by molar-refractivity contribution is 9.10. The van der Waals surface area contributed by atoms with E-state index in [1.54, 1.807) is 6.07 Å². The first-order valence-corrected chi connectivity index (χ1v) is 8.11. The molecule has 0 bridgehead atoms. The molecule has 0 unspecified atom stereocenters. The zero-order chi connectivity index (χ0) is 15.6. The van der Waals surface area contributed by atoms with Gasteiger partial charge in [-0.25, -0.2) is 0 Å². The van der Waals surface area contributed by atoms with E-state index in [1.807, 2.05) is 26.0 Å². The monoisotopic (exact) mass is 413 g/mol. The van der Waals surface area contributed by atoms with Crippen LogP contribution in [0.3, 0.4) is 0 Å². The SMILES string of the molecule is Cc1cc(Oc2ccc([N+](=O)[O-])cc2CBr)cc(C)c1Br. The largest absolute Gasteiger partial charge is 0.457 e. The molecule has 110 valence electrons. The summed E-state index contributed by atoms with van der Waals surface area (Å²) in [6, 6.07) is 8.44. The van der Waals surface area contributed by atoms with Gasteiger partial charge in [0.05, 0.1) is 4.92 Å². The second-order valence-electron chi connectivity index (χ2n) is 4.66. The van der Waals surface area contributed by atoms with Gasteiger partial charge >= 0.3 is 0 Å². The molecule has 0 N–H and O–H groups in total. The molecule has 6 heteroatoms. The Morgan fingerprint density at radius 1 is 1.19 bits per heavy atom. The van der Waals surface area contributed by atoms with Crippen molar-refractivity contribution >= 4 is 37.5 Å². The fourth-order valence-corrected chi connectivity index (χ4v) is 2.64. The van der Waals surface area contributed by atoms with Crippen molar-refractivity contribution in [2.24, 2.45) is 0 Å². The summed E-state index contributed by atoms with van der Waals surface area (Å²) in [5.74, 6) is 1.32. The Labute approximate surface area is 139 Å². The summed E-state index contributed by atoms with van der Waals surface area (Å²) in [7, 11) is 0. The van der Waals surface area contributed by atoms with Gasteiger partial charge in [-0.2, -0.15) is 0 Å². The van der Waals surface area contributed by atoms with Gasteiger partial charge in [-0.05, 0) is 43.2 Å². The Bertz CT molecular complexity index is 678. The third-order valence-corrected chi connectivity index (χ3v) is 4.89. The van der Waals surface area contributed by atoms with Gasteiger partial charge < -0.3 is 4.74 Å². The number of non-ortho nitro benzene ring substituents is 1. The summed E-state index contributed by atoms with van der Waals surface area (Å²) in [5, 5.41) is 11.3. The first kappa shape index (κ1) is 16.0. The van der Waals surface area contributed by atoms with Gasteiger partial charge in [0.25, 0.3) is 5.69 Å². The Morgan fingerprint density at radius 2 is 1.81 bits per heavy atom. The van der Waals surface area contributed by atoms with Crippen LogP contribution in [-0.2, 0) is 5.33 Å². The summed E-state index contributed by atoms with van der Waals surface area (Å²) in [5.41, 5.74) is 2.95. The molecular weight excluding hydrogens is 402 g/mol. The van der Waals surface area contributed by atoms with E-state index in [0.717, 1.165) is 21.2 Å². The van der Waals surface area contributed by atoms with Gasteiger partial charge in [-0.15, -0.1) is 0 Å². The van der Waals surface area contributed by atoms with Crippen LogP contribution in [0.25, 0.3) is 0 Å². The summed E-state index contributed by atoms with van der Waals surface area (Å²) in [4.78, 5) is 10.4. The van der Waals surface area contributed by atoms with E-state index in [4.69, 9.17) is 4.74 Å². The number of ether oxygens (including phenoxy) is 1. The molecule has 0 aliphatic carbocycles. The minimum absolute atomic E-state index is 0.0555. The molecular formula is C15H13Br2NO3. The van der Waals surface area contributed by atoms with Crippen LogP contribution in [0.15, 0.2) is 34.8 Å². The molecule has 21 heavy (non-hydrogen) atoms. The molecule has 0 saturated carbocycles. The third kappa shape index (κ3) is 3.63. The molecule has 0 amide bonds. The molecule has 0 aromatic heterocycles. The van der Waals surface area contributed by atoms with Gasteiger partial charge in [-0.3, -0.25) is 10.1 Å². The standard InChI is InChI=1S/C15H13Br2NO3/c1-9-5-13(6-10(2)15(9)17)21-14-4-3-12(18(19)20)7-11(14)8-16/h3-7H,8H2,1-2H3. The molecule has 4 nitrogen and oxygen atoms in total. The molecule has 2 aromatic carbocycles. The van der Waals surface area contributed by atoms with Gasteiger partial charge in [0, 0.05) is 27.5 Å². The zero-order valence-corrected chi connectivity index (χ0v) is 14.7. The number of nitrogens with zero attached hydrogens (tertiary/aromatic N) is 1. The molecule has 0 radical (unpaired) electrons. The van der Waals surface area contributed by atoms with Gasteiger partial charge in [0.1, 0.15) is 11.5 Å². The second-order valence-corrected chi connectivity index (χ2v) is 6.01. The van der Waals surface area contributed by atoms with E-state index in [-0.39, 0.29) is 5.69 Å². The van der Waals surface area contributed by atoms with Crippen molar-refractivity contribution in [2.75, 3.05) is 0 Å². The van der Waals surface area contributed by atoms with E-state index < -0.39 is 4.92 Å². The highest BCUT2D eigenvalue weighted by Gasteiger charge is 2.12. The summed E-state index contributed by atoms with van der Waals surface area (Å²) < 4.78 is 6.93. The van der Waals surface area contributed by atoms with Crippen molar-refractivity contribution in [1.29, 1.82) is 0 Å². The molecule has 0 aliphatic heterocycles. The van der Waals surface area contributed by atoms with Crippen LogP contribution in [0.2, 0.25) is 0 Å². The number of aryl methyl sites for hydroxylation is 2. The molecule has 0 fully saturated rings. The van der Waals surface area contributed by atoms with E-state index in [9.17, 15) is 10.1 Å². The van der Waals surface area contributed by atoms with Crippen molar-refractivity contribution in [3.05, 3.63) is 61.6 Å². The number of nitro benzene ring substituents is 1. The molecule has 2 rings (SSSR count). The average molecular weight is 415 g/mol. The van der Waals surface area contributed by atoms with Crippen LogP contribution in [-0.4, -0.2) is 4.92 Å². The maximum Gasteiger partial charge on any atom is 0.270 e. The molecule has 0 spiro atoms. The lowest BCUT2D eigenvalue weighted by Crippen LogP contribution is -1.94. The number of rotatable bonds is 4. The fraction of sp³-hybridized carbons (Fsp3) is 0.200. The Balaban J connectivity index is 2.37. The summed E-state index contributed by atoms with van der Waals surface area (Å²) in [6.07, 6.45) is 0. The number of nitro groups is 1. The molecule has 0 atom stereocenters. The maximum atomic E-state index is 10.8. The molecule has 0 heterocycles. The van der Waals surface area contributed by atoms with Gasteiger partial charge in [-0.1, -0.05) is 31.9 Å². The number of hydrogen-bond donors (Lipinski definition) is 0. The maximum absolute atomic E-state index is 10.8. The van der Waals surface area contributed by atoms with Crippen LogP contribution in [0.5, 0.6) is 11.5 Å². The highest BCUT2D eigenvalue weighted by Crippen LogP contribution is 2.33. The van der Waals surface area contributed by atoms with Crippen molar-refractivity contribution < 1.29 is 9.66 Å². The van der Waals surface area contributed by atoms with Crippen LogP contribution >= 0.6 is 31.9 Å². The minimum atomic E-state index is -0.413. The van der Waals surface area contributed by atoms with Crippen molar-refractivity contribution in [1.82, 2.24) is 0 Å². The second kappa shape index (κ2) is 6.58. The predicted octanol–water partition coefficient (Wildman–Crippen LogP) is 5.66. The fourth-order valence-electron chi connectivity index (χ4n) is 1.98. The topological polar surface area (TPSA) is 52.4 Å². The van der Waals surface area contributed by atoms with Crippen molar-refractivity contribution in [3.63, 3.8) is 0 Å². The third-order valence-electron chi connectivity index (χ3n) is 3.04. The normalized spacial score (nSPS) is 10.5. The van der Waals surface area contributed by atoms with Crippen LogP contribution in [0.4, 0.5) is 5.69 Å². The average Bonchev–Trinajstić information content (AvgIpc) is 2.44. The zero-order valence-electron chi connectivity index (χ0n) is 11.5. The van der Waals surface area contributed by atoms with E-state index >= 15 is 0 Å². The van der Waals surface area contributed by atoms with Crippen molar-refractivity contribution in [2.45, 2.75) is 19.2 Å². The number of benzene rings is 2. The van der Waals surface area contributed by atoms with E-state index in [1.165, 1.54) is 12.1 Å². The predicted molar refractivity (Wildman–Crippen MR) is 89.4 cm³/mol. The first-order valence-electron chi connectivity index (χ1n) is 6.20. The van der Waals surface area contributed by atoms with E-state index in [2.05, 4.69) is 31.9 Å². The lowest BCUT2D eigenvalue weighted by Gasteiger charge is -2.12. The Kier molecular flexibility index (Phi) is 5.00. The van der Waals surface area contributed by atoms with Gasteiger partial charge in [0.2, 0.25) is 0 Å². The highest BCUT2D eigenvalue weighted by atomic mass is 79.9. The quantitative estimate of drug-likeness (QED) is 0.368. The lowest BCUT2D eigenvalue weighted by atomic mass is 10.1. The molecule has 2 aromatic rings.